The summed E-state index contributed by atoms with van der Waals surface area (Å²) < 4.78 is 5.47. The quantitative estimate of drug-likeness (QED) is 0.760. The first-order valence-electron chi connectivity index (χ1n) is 7.37. The molecule has 0 fully saturated rings. The zero-order valence-electron chi connectivity index (χ0n) is 12.3. The molecule has 0 saturated carbocycles. The number of benzene rings is 2. The first-order valence-corrected chi connectivity index (χ1v) is 7.37. The highest BCUT2D eigenvalue weighted by atomic mass is 16.5. The number of hydrogen-bond donors (Lipinski definition) is 1. The highest BCUT2D eigenvalue weighted by molar-refractivity contribution is 5.48. The highest BCUT2D eigenvalue weighted by Gasteiger charge is 2.09. The van der Waals surface area contributed by atoms with E-state index >= 15 is 0 Å². The van der Waals surface area contributed by atoms with Crippen LogP contribution in [0.5, 0.6) is 5.75 Å². The predicted octanol–water partition coefficient (Wildman–Crippen LogP) is 5.04. The lowest BCUT2D eigenvalue weighted by Gasteiger charge is -2.20. The largest absolute Gasteiger partial charge is 0.494 e. The number of hydrogen-bond acceptors (Lipinski definition) is 2. The molecule has 0 aliphatic heterocycles. The average Bonchev–Trinajstić information content (AvgIpc) is 2.50. The van der Waals surface area contributed by atoms with Crippen molar-refractivity contribution >= 4 is 5.69 Å². The van der Waals surface area contributed by atoms with Gasteiger partial charge in [0.2, 0.25) is 0 Å². The molecule has 0 amide bonds. The van der Waals surface area contributed by atoms with Crippen LogP contribution in [-0.2, 0) is 0 Å². The Morgan fingerprint density at radius 3 is 2.25 bits per heavy atom. The lowest BCUT2D eigenvalue weighted by Crippen LogP contribution is -2.10. The van der Waals surface area contributed by atoms with E-state index in [0.717, 1.165) is 24.3 Å². The van der Waals surface area contributed by atoms with E-state index in [2.05, 4.69) is 54.7 Å². The molecular formula is C18H23NO. The summed E-state index contributed by atoms with van der Waals surface area (Å²) in [6, 6.07) is 19.2. The summed E-state index contributed by atoms with van der Waals surface area (Å²) in [6.07, 6.45) is 2.28. The van der Waals surface area contributed by atoms with E-state index in [-0.39, 0.29) is 0 Å². The Morgan fingerprint density at radius 2 is 1.65 bits per heavy atom. The van der Waals surface area contributed by atoms with Gasteiger partial charge in [0.1, 0.15) is 5.75 Å². The second kappa shape index (κ2) is 7.59. The van der Waals surface area contributed by atoms with Crippen LogP contribution in [-0.4, -0.2) is 6.61 Å². The molecule has 2 rings (SSSR count). The monoisotopic (exact) mass is 269 g/mol. The van der Waals surface area contributed by atoms with Crippen LogP contribution in [0.2, 0.25) is 0 Å². The van der Waals surface area contributed by atoms with E-state index in [9.17, 15) is 0 Å². The topological polar surface area (TPSA) is 21.3 Å². The van der Waals surface area contributed by atoms with Crippen molar-refractivity contribution in [3.63, 3.8) is 0 Å². The van der Waals surface area contributed by atoms with Gasteiger partial charge in [-0.25, -0.2) is 0 Å². The van der Waals surface area contributed by atoms with Crippen LogP contribution in [0, 0.1) is 0 Å². The minimum absolute atomic E-state index is 0.360. The molecule has 2 nitrogen and oxygen atoms in total. The molecule has 0 aliphatic carbocycles. The summed E-state index contributed by atoms with van der Waals surface area (Å²) in [5, 5.41) is 3.61. The zero-order chi connectivity index (χ0) is 14.2. The van der Waals surface area contributed by atoms with Crippen LogP contribution in [0.15, 0.2) is 54.6 Å². The third kappa shape index (κ3) is 4.02. The minimum Gasteiger partial charge on any atom is -0.494 e. The van der Waals surface area contributed by atoms with Crippen LogP contribution in [0.3, 0.4) is 0 Å². The van der Waals surface area contributed by atoms with Crippen molar-refractivity contribution in [3.8, 4) is 5.75 Å². The van der Waals surface area contributed by atoms with Crippen molar-refractivity contribution in [1.82, 2.24) is 0 Å². The van der Waals surface area contributed by atoms with E-state index in [4.69, 9.17) is 4.74 Å². The van der Waals surface area contributed by atoms with Gasteiger partial charge in [-0.2, -0.15) is 0 Å². The smallest absolute Gasteiger partial charge is 0.119 e. The summed E-state index contributed by atoms with van der Waals surface area (Å²) in [5.74, 6) is 0.921. The van der Waals surface area contributed by atoms with E-state index in [1.54, 1.807) is 0 Å². The molecule has 0 heterocycles. The summed E-state index contributed by atoms with van der Waals surface area (Å²) in [4.78, 5) is 0. The molecule has 1 atom stereocenters. The second-order valence-electron chi connectivity index (χ2n) is 4.85. The number of ether oxygens (including phenoxy) is 1. The fraction of sp³-hybridized carbons (Fsp3) is 0.333. The number of nitrogens with one attached hydrogen (secondary N) is 1. The Morgan fingerprint density at radius 1 is 0.950 bits per heavy atom. The zero-order valence-corrected chi connectivity index (χ0v) is 12.3. The van der Waals surface area contributed by atoms with Crippen LogP contribution in [0.4, 0.5) is 5.69 Å². The van der Waals surface area contributed by atoms with Crippen molar-refractivity contribution in [3.05, 3.63) is 60.2 Å². The van der Waals surface area contributed by atoms with Gasteiger partial charge in [0.15, 0.2) is 0 Å². The van der Waals surface area contributed by atoms with Crippen LogP contribution in [0.25, 0.3) is 0 Å². The van der Waals surface area contributed by atoms with E-state index in [1.165, 1.54) is 5.56 Å². The van der Waals surface area contributed by atoms with Crippen LogP contribution < -0.4 is 10.1 Å². The molecule has 1 N–H and O–H groups in total. The molecular weight excluding hydrogens is 246 g/mol. The maximum Gasteiger partial charge on any atom is 0.119 e. The van der Waals surface area contributed by atoms with Gasteiger partial charge in [-0.05, 0) is 43.2 Å². The summed E-state index contributed by atoms with van der Waals surface area (Å²) in [5.41, 5.74) is 2.47. The van der Waals surface area contributed by atoms with Crippen molar-refractivity contribution in [2.24, 2.45) is 0 Å². The van der Waals surface area contributed by atoms with Crippen molar-refractivity contribution < 1.29 is 4.74 Å². The van der Waals surface area contributed by atoms with E-state index < -0.39 is 0 Å². The lowest BCUT2D eigenvalue weighted by molar-refractivity contribution is 0.340. The molecule has 2 aromatic rings. The van der Waals surface area contributed by atoms with Gasteiger partial charge in [-0.15, -0.1) is 0 Å². The van der Waals surface area contributed by atoms with Gasteiger partial charge in [0.25, 0.3) is 0 Å². The Kier molecular flexibility index (Phi) is 5.48. The molecule has 0 saturated heterocycles. The highest BCUT2D eigenvalue weighted by Crippen LogP contribution is 2.25. The number of anilines is 1. The van der Waals surface area contributed by atoms with Gasteiger partial charge >= 0.3 is 0 Å². The molecule has 0 aliphatic rings. The molecule has 20 heavy (non-hydrogen) atoms. The average molecular weight is 269 g/mol. The van der Waals surface area contributed by atoms with Crippen molar-refractivity contribution in [2.75, 3.05) is 11.9 Å². The normalized spacial score (nSPS) is 11.9. The van der Waals surface area contributed by atoms with Crippen LogP contribution in [0.1, 0.15) is 38.3 Å². The Hall–Kier alpha value is -1.96. The maximum absolute atomic E-state index is 5.47. The van der Waals surface area contributed by atoms with Gasteiger partial charge < -0.3 is 10.1 Å². The molecule has 0 radical (unpaired) electrons. The molecule has 1 unspecified atom stereocenters. The Labute approximate surface area is 121 Å². The van der Waals surface area contributed by atoms with Crippen molar-refractivity contribution in [1.29, 1.82) is 0 Å². The maximum atomic E-state index is 5.47. The predicted molar refractivity (Wildman–Crippen MR) is 85.3 cm³/mol. The minimum atomic E-state index is 0.360. The fourth-order valence-electron chi connectivity index (χ4n) is 2.31. The van der Waals surface area contributed by atoms with E-state index in [0.29, 0.717) is 12.6 Å². The second-order valence-corrected chi connectivity index (χ2v) is 4.85. The van der Waals surface area contributed by atoms with Crippen molar-refractivity contribution in [2.45, 2.75) is 32.7 Å². The molecule has 0 bridgehead atoms. The van der Waals surface area contributed by atoms with E-state index in [1.807, 2.05) is 19.1 Å². The number of rotatable bonds is 7. The molecule has 106 valence electrons. The summed E-state index contributed by atoms with van der Waals surface area (Å²) >= 11 is 0. The molecule has 2 heteroatoms. The lowest BCUT2D eigenvalue weighted by atomic mass is 10.0. The van der Waals surface area contributed by atoms with Gasteiger partial charge in [-0.1, -0.05) is 43.7 Å². The molecule has 0 aromatic heterocycles. The third-order valence-corrected chi connectivity index (χ3v) is 3.29. The summed E-state index contributed by atoms with van der Waals surface area (Å²) in [7, 11) is 0. The van der Waals surface area contributed by atoms with Gasteiger partial charge in [0.05, 0.1) is 12.6 Å². The SMILES string of the molecule is CCCC(Nc1ccc(OCC)cc1)c1ccccc1. The Bertz CT molecular complexity index is 493. The first kappa shape index (κ1) is 14.4. The molecule has 0 spiro atoms. The first-order chi connectivity index (χ1) is 9.83. The summed E-state index contributed by atoms with van der Waals surface area (Å²) in [6.45, 7) is 4.92. The van der Waals surface area contributed by atoms with Gasteiger partial charge in [0, 0.05) is 5.69 Å². The van der Waals surface area contributed by atoms with Gasteiger partial charge in [-0.3, -0.25) is 0 Å². The fourth-order valence-corrected chi connectivity index (χ4v) is 2.31. The van der Waals surface area contributed by atoms with Crippen LogP contribution >= 0.6 is 0 Å². The standard InChI is InChI=1S/C18H23NO/c1-3-8-18(15-9-6-5-7-10-15)19-16-11-13-17(14-12-16)20-4-2/h5-7,9-14,18-19H,3-4,8H2,1-2H3. The third-order valence-electron chi connectivity index (χ3n) is 3.29. The molecule has 2 aromatic carbocycles. The Balaban J connectivity index is 2.08.